The van der Waals surface area contributed by atoms with Crippen molar-refractivity contribution < 1.29 is 4.79 Å². The standard InChI is InChI=1S/C21H27N5O/c1-16(2)25(14-18-9-7-17(13-22)8-10-18)15-21(27)24-20-11-12-23-26(20)19-5-3-4-6-19/h7-12,16,19H,3-6,14-15H2,1-2H3,(H,24,27). The molecule has 6 nitrogen and oxygen atoms in total. The third-order valence-electron chi connectivity index (χ3n) is 5.15. The van der Waals surface area contributed by atoms with Crippen LogP contribution >= 0.6 is 0 Å². The highest BCUT2D eigenvalue weighted by Gasteiger charge is 2.21. The summed E-state index contributed by atoms with van der Waals surface area (Å²) in [5, 5.41) is 16.4. The number of nitrogens with one attached hydrogen (secondary N) is 1. The molecule has 0 spiro atoms. The van der Waals surface area contributed by atoms with Gasteiger partial charge in [-0.05, 0) is 44.4 Å². The molecule has 27 heavy (non-hydrogen) atoms. The van der Waals surface area contributed by atoms with Crippen LogP contribution in [0.4, 0.5) is 5.82 Å². The first-order valence-corrected chi connectivity index (χ1v) is 9.63. The molecule has 1 heterocycles. The second-order valence-corrected chi connectivity index (χ2v) is 7.45. The van der Waals surface area contributed by atoms with E-state index in [9.17, 15) is 4.79 Å². The highest BCUT2D eigenvalue weighted by atomic mass is 16.2. The van der Waals surface area contributed by atoms with Gasteiger partial charge in [-0.2, -0.15) is 10.4 Å². The van der Waals surface area contributed by atoms with Gasteiger partial charge < -0.3 is 5.32 Å². The average molecular weight is 365 g/mol. The van der Waals surface area contributed by atoms with Gasteiger partial charge in [0.05, 0.1) is 30.4 Å². The van der Waals surface area contributed by atoms with Crippen LogP contribution in [0.3, 0.4) is 0 Å². The van der Waals surface area contributed by atoms with E-state index in [2.05, 4.69) is 35.2 Å². The van der Waals surface area contributed by atoms with Crippen molar-refractivity contribution in [2.75, 3.05) is 11.9 Å². The van der Waals surface area contributed by atoms with Crippen molar-refractivity contribution in [3.63, 3.8) is 0 Å². The van der Waals surface area contributed by atoms with E-state index >= 15 is 0 Å². The van der Waals surface area contributed by atoms with Crippen LogP contribution in [0.5, 0.6) is 0 Å². The van der Waals surface area contributed by atoms with Crippen LogP contribution in [0.2, 0.25) is 0 Å². The van der Waals surface area contributed by atoms with Crippen LogP contribution in [-0.4, -0.2) is 33.2 Å². The summed E-state index contributed by atoms with van der Waals surface area (Å²) in [6.07, 6.45) is 6.46. The number of nitriles is 1. The van der Waals surface area contributed by atoms with Gasteiger partial charge in [0.25, 0.3) is 0 Å². The van der Waals surface area contributed by atoms with Crippen molar-refractivity contribution in [1.29, 1.82) is 5.26 Å². The van der Waals surface area contributed by atoms with Crippen molar-refractivity contribution in [2.24, 2.45) is 0 Å². The maximum absolute atomic E-state index is 12.6. The van der Waals surface area contributed by atoms with Gasteiger partial charge in [0.1, 0.15) is 5.82 Å². The highest BCUT2D eigenvalue weighted by Crippen LogP contribution is 2.31. The van der Waals surface area contributed by atoms with E-state index in [0.29, 0.717) is 24.7 Å². The fourth-order valence-corrected chi connectivity index (χ4v) is 3.56. The van der Waals surface area contributed by atoms with Gasteiger partial charge in [-0.1, -0.05) is 25.0 Å². The van der Waals surface area contributed by atoms with Gasteiger partial charge >= 0.3 is 0 Å². The topological polar surface area (TPSA) is 74.0 Å². The minimum Gasteiger partial charge on any atom is -0.310 e. The molecule has 1 aromatic carbocycles. The average Bonchev–Trinajstić information content (AvgIpc) is 3.33. The van der Waals surface area contributed by atoms with Gasteiger partial charge in [0, 0.05) is 18.7 Å². The Morgan fingerprint density at radius 1 is 1.30 bits per heavy atom. The molecule has 0 atom stereocenters. The lowest BCUT2D eigenvalue weighted by molar-refractivity contribution is -0.117. The maximum atomic E-state index is 12.6. The van der Waals surface area contributed by atoms with Crippen molar-refractivity contribution in [2.45, 2.75) is 58.2 Å². The molecule has 0 radical (unpaired) electrons. The van der Waals surface area contributed by atoms with Gasteiger partial charge in [-0.25, -0.2) is 4.68 Å². The summed E-state index contributed by atoms with van der Waals surface area (Å²) >= 11 is 0. The first-order chi connectivity index (χ1) is 13.1. The molecule has 2 aromatic rings. The summed E-state index contributed by atoms with van der Waals surface area (Å²) in [5.74, 6) is 0.756. The summed E-state index contributed by atoms with van der Waals surface area (Å²) in [6, 6.07) is 12.1. The van der Waals surface area contributed by atoms with E-state index in [1.54, 1.807) is 6.20 Å². The van der Waals surface area contributed by atoms with E-state index in [4.69, 9.17) is 5.26 Å². The van der Waals surface area contributed by atoms with Crippen LogP contribution in [0.1, 0.15) is 56.7 Å². The number of carbonyl (C=O) groups is 1. The summed E-state index contributed by atoms with van der Waals surface area (Å²) in [7, 11) is 0. The predicted molar refractivity (Wildman–Crippen MR) is 105 cm³/mol. The van der Waals surface area contributed by atoms with Gasteiger partial charge in [0.2, 0.25) is 5.91 Å². The van der Waals surface area contributed by atoms with E-state index in [1.807, 2.05) is 35.0 Å². The molecular formula is C21H27N5O. The van der Waals surface area contributed by atoms with Crippen LogP contribution in [0, 0.1) is 11.3 Å². The summed E-state index contributed by atoms with van der Waals surface area (Å²) in [4.78, 5) is 14.8. The number of rotatable bonds is 7. The molecule has 0 saturated heterocycles. The Balaban J connectivity index is 1.62. The molecule has 0 unspecified atom stereocenters. The summed E-state index contributed by atoms with van der Waals surface area (Å²) < 4.78 is 1.96. The SMILES string of the molecule is CC(C)N(CC(=O)Nc1ccnn1C1CCCC1)Cc1ccc(C#N)cc1. The lowest BCUT2D eigenvalue weighted by atomic mass is 10.1. The highest BCUT2D eigenvalue weighted by molar-refractivity contribution is 5.91. The van der Waals surface area contributed by atoms with Crippen LogP contribution < -0.4 is 5.32 Å². The molecule has 1 amide bonds. The molecule has 3 rings (SSSR count). The third-order valence-corrected chi connectivity index (χ3v) is 5.15. The lowest BCUT2D eigenvalue weighted by Crippen LogP contribution is -2.37. The Kier molecular flexibility index (Phi) is 6.25. The van der Waals surface area contributed by atoms with E-state index in [0.717, 1.165) is 24.2 Å². The Hall–Kier alpha value is -2.65. The van der Waals surface area contributed by atoms with E-state index < -0.39 is 0 Å². The molecule has 1 fully saturated rings. The van der Waals surface area contributed by atoms with Crippen molar-refractivity contribution in [3.8, 4) is 6.07 Å². The normalized spacial score (nSPS) is 14.6. The first-order valence-electron chi connectivity index (χ1n) is 9.63. The minimum absolute atomic E-state index is 0.0305. The van der Waals surface area contributed by atoms with Crippen LogP contribution in [0.15, 0.2) is 36.5 Å². The number of benzene rings is 1. The maximum Gasteiger partial charge on any atom is 0.239 e. The Bertz CT molecular complexity index is 797. The molecule has 1 aromatic heterocycles. The Labute approximate surface area is 160 Å². The minimum atomic E-state index is -0.0305. The zero-order valence-electron chi connectivity index (χ0n) is 16.1. The van der Waals surface area contributed by atoms with Crippen LogP contribution in [0.25, 0.3) is 0 Å². The smallest absolute Gasteiger partial charge is 0.239 e. The van der Waals surface area contributed by atoms with Crippen molar-refractivity contribution in [1.82, 2.24) is 14.7 Å². The molecule has 1 aliphatic carbocycles. The number of amides is 1. The second-order valence-electron chi connectivity index (χ2n) is 7.45. The first kappa shape index (κ1) is 19.1. The quantitative estimate of drug-likeness (QED) is 0.811. The zero-order chi connectivity index (χ0) is 19.2. The number of hydrogen-bond donors (Lipinski definition) is 1. The molecule has 1 aliphatic rings. The van der Waals surface area contributed by atoms with E-state index in [1.165, 1.54) is 12.8 Å². The Morgan fingerprint density at radius 2 is 2.00 bits per heavy atom. The van der Waals surface area contributed by atoms with Crippen LogP contribution in [-0.2, 0) is 11.3 Å². The molecule has 0 bridgehead atoms. The monoisotopic (exact) mass is 365 g/mol. The molecule has 1 N–H and O–H groups in total. The summed E-state index contributed by atoms with van der Waals surface area (Å²) in [5.41, 5.74) is 1.74. The number of hydrogen-bond acceptors (Lipinski definition) is 4. The Morgan fingerprint density at radius 3 is 2.63 bits per heavy atom. The number of nitrogens with zero attached hydrogens (tertiary/aromatic N) is 4. The molecule has 1 saturated carbocycles. The molecule has 142 valence electrons. The zero-order valence-corrected chi connectivity index (χ0v) is 16.1. The van der Waals surface area contributed by atoms with Crippen molar-refractivity contribution >= 4 is 11.7 Å². The van der Waals surface area contributed by atoms with Crippen molar-refractivity contribution in [3.05, 3.63) is 47.7 Å². The van der Waals surface area contributed by atoms with E-state index in [-0.39, 0.29) is 11.9 Å². The fourth-order valence-electron chi connectivity index (χ4n) is 3.56. The summed E-state index contributed by atoms with van der Waals surface area (Å²) in [6.45, 7) is 5.14. The third kappa shape index (κ3) is 4.95. The predicted octanol–water partition coefficient (Wildman–Crippen LogP) is 3.72. The second kappa shape index (κ2) is 8.83. The number of aromatic nitrogens is 2. The fraction of sp³-hybridized carbons (Fsp3) is 0.476. The number of carbonyl (C=O) groups excluding carboxylic acids is 1. The molecule has 0 aliphatic heterocycles. The van der Waals surface area contributed by atoms with Gasteiger partial charge in [-0.3, -0.25) is 9.69 Å². The largest absolute Gasteiger partial charge is 0.310 e. The molecule has 6 heteroatoms. The molecular weight excluding hydrogens is 338 g/mol. The lowest BCUT2D eigenvalue weighted by Gasteiger charge is -2.26. The van der Waals surface area contributed by atoms with Gasteiger partial charge in [0.15, 0.2) is 0 Å². The number of anilines is 1. The van der Waals surface area contributed by atoms with Gasteiger partial charge in [-0.15, -0.1) is 0 Å².